The molecular weight excluding hydrogens is 318 g/mol. The van der Waals surface area contributed by atoms with E-state index in [1.54, 1.807) is 0 Å². The smallest absolute Gasteiger partial charge is 0.329 e. The van der Waals surface area contributed by atoms with Gasteiger partial charge in [-0.15, -0.1) is 0 Å². The van der Waals surface area contributed by atoms with E-state index >= 15 is 0 Å². The Morgan fingerprint density at radius 1 is 1.12 bits per heavy atom. The Bertz CT molecular complexity index is 633. The van der Waals surface area contributed by atoms with Crippen LogP contribution in [0, 0.1) is 17.8 Å². The molecule has 0 bridgehead atoms. The molecule has 1 saturated carbocycles. The molecule has 0 spiro atoms. The lowest BCUT2D eigenvalue weighted by Gasteiger charge is -2.29. The van der Waals surface area contributed by atoms with Crippen LogP contribution in [0.25, 0.3) is 0 Å². The fourth-order valence-corrected chi connectivity index (χ4v) is 4.27. The summed E-state index contributed by atoms with van der Waals surface area (Å²) < 4.78 is 4.95. The molecule has 5 nitrogen and oxygen atoms in total. The van der Waals surface area contributed by atoms with Crippen LogP contribution in [-0.2, 0) is 25.5 Å². The third kappa shape index (κ3) is 3.32. The van der Waals surface area contributed by atoms with Gasteiger partial charge in [0, 0.05) is 0 Å². The van der Waals surface area contributed by atoms with Crippen LogP contribution >= 0.6 is 0 Å². The monoisotopic (exact) mass is 343 g/mol. The van der Waals surface area contributed by atoms with E-state index in [1.165, 1.54) is 12.0 Å². The van der Waals surface area contributed by atoms with Gasteiger partial charge in [-0.3, -0.25) is 14.5 Å². The number of imide groups is 1. The van der Waals surface area contributed by atoms with Gasteiger partial charge in [-0.1, -0.05) is 50.1 Å². The Morgan fingerprint density at radius 3 is 2.20 bits per heavy atom. The average Bonchev–Trinajstić information content (AvgIpc) is 2.88. The summed E-state index contributed by atoms with van der Waals surface area (Å²) in [6.45, 7) is 1.90. The number of methoxy groups -OCH3 is 1. The minimum atomic E-state index is -0.851. The third-order valence-corrected chi connectivity index (χ3v) is 5.54. The van der Waals surface area contributed by atoms with E-state index in [0.29, 0.717) is 6.42 Å². The maximum absolute atomic E-state index is 12.9. The topological polar surface area (TPSA) is 63.7 Å². The maximum atomic E-state index is 12.9. The van der Waals surface area contributed by atoms with Crippen LogP contribution in [0.3, 0.4) is 0 Å². The van der Waals surface area contributed by atoms with Crippen LogP contribution in [0.5, 0.6) is 0 Å². The Morgan fingerprint density at radius 2 is 1.68 bits per heavy atom. The number of hydrogen-bond acceptors (Lipinski definition) is 4. The number of nitrogens with zero attached hydrogens (tertiary/aromatic N) is 1. The van der Waals surface area contributed by atoms with Crippen LogP contribution in [0.2, 0.25) is 0 Å². The number of esters is 1. The summed E-state index contributed by atoms with van der Waals surface area (Å²) in [5, 5.41) is 0. The number of carbonyl (C=O) groups is 3. The summed E-state index contributed by atoms with van der Waals surface area (Å²) in [6, 6.07) is 8.93. The average molecular weight is 343 g/mol. The van der Waals surface area contributed by atoms with Crippen LogP contribution in [-0.4, -0.2) is 35.8 Å². The van der Waals surface area contributed by atoms with Gasteiger partial charge >= 0.3 is 5.97 Å². The largest absolute Gasteiger partial charge is 0.467 e. The Labute approximate surface area is 148 Å². The molecule has 1 aliphatic heterocycles. The third-order valence-electron chi connectivity index (χ3n) is 5.54. The number of fused-ring (bicyclic) bond motifs is 1. The minimum absolute atomic E-state index is 0.190. The number of benzene rings is 1. The Balaban J connectivity index is 1.86. The fraction of sp³-hybridized carbons (Fsp3) is 0.550. The van der Waals surface area contributed by atoms with Gasteiger partial charge in [-0.25, -0.2) is 4.79 Å². The molecular formula is C20H25NO4. The lowest BCUT2D eigenvalue weighted by Crippen LogP contribution is -2.50. The van der Waals surface area contributed by atoms with Crippen molar-refractivity contribution < 1.29 is 19.1 Å². The van der Waals surface area contributed by atoms with Gasteiger partial charge in [-0.2, -0.15) is 0 Å². The predicted octanol–water partition coefficient (Wildman–Crippen LogP) is 2.58. The molecule has 0 radical (unpaired) electrons. The number of rotatable bonds is 5. The first-order chi connectivity index (χ1) is 12.0. The first kappa shape index (κ1) is 17.6. The molecule has 2 unspecified atom stereocenters. The van der Waals surface area contributed by atoms with Crippen molar-refractivity contribution in [2.24, 2.45) is 17.8 Å². The van der Waals surface area contributed by atoms with Crippen molar-refractivity contribution in [3.8, 4) is 0 Å². The lowest BCUT2D eigenvalue weighted by atomic mass is 9.81. The highest BCUT2D eigenvalue weighted by molar-refractivity contribution is 6.08. The summed E-state index contributed by atoms with van der Waals surface area (Å²) >= 11 is 0. The van der Waals surface area contributed by atoms with Gasteiger partial charge < -0.3 is 4.74 Å². The standard InChI is InChI=1S/C20H25NO4/c1-13(12-14-8-4-3-5-9-14)17(20(24)25-2)21-18(22)15-10-6-7-11-16(15)19(21)23/h3-5,8-9,13,15-17H,6-7,10-12H2,1-2H3/t13-,15?,16?,17-/m0/s1. The van der Waals surface area contributed by atoms with Gasteiger partial charge in [-0.05, 0) is 30.7 Å². The van der Waals surface area contributed by atoms with E-state index in [1.807, 2.05) is 37.3 Å². The number of amides is 2. The zero-order valence-corrected chi connectivity index (χ0v) is 14.8. The van der Waals surface area contributed by atoms with Gasteiger partial charge in [0.25, 0.3) is 0 Å². The van der Waals surface area contributed by atoms with Crippen LogP contribution in [0.15, 0.2) is 30.3 Å². The fourth-order valence-electron chi connectivity index (χ4n) is 4.27. The normalized spacial score (nSPS) is 25.4. The van der Waals surface area contributed by atoms with Crippen molar-refractivity contribution in [2.45, 2.75) is 45.1 Å². The highest BCUT2D eigenvalue weighted by Gasteiger charge is 2.53. The molecule has 0 N–H and O–H groups in total. The van der Waals surface area contributed by atoms with Crippen molar-refractivity contribution >= 4 is 17.8 Å². The first-order valence-corrected chi connectivity index (χ1v) is 9.03. The molecule has 5 heteroatoms. The lowest BCUT2D eigenvalue weighted by molar-refractivity contribution is -0.159. The van der Waals surface area contributed by atoms with Crippen molar-refractivity contribution in [2.75, 3.05) is 7.11 Å². The van der Waals surface area contributed by atoms with E-state index < -0.39 is 12.0 Å². The van der Waals surface area contributed by atoms with E-state index in [2.05, 4.69) is 0 Å². The SMILES string of the molecule is COC(=O)[C@H]([C@@H](C)Cc1ccccc1)N1C(=O)C2CCCCC2C1=O. The zero-order chi connectivity index (χ0) is 18.0. The highest BCUT2D eigenvalue weighted by Crippen LogP contribution is 2.40. The van der Waals surface area contributed by atoms with E-state index in [9.17, 15) is 14.4 Å². The number of carbonyl (C=O) groups excluding carboxylic acids is 3. The zero-order valence-electron chi connectivity index (χ0n) is 14.8. The summed E-state index contributed by atoms with van der Waals surface area (Å²) in [7, 11) is 1.31. The second-order valence-electron chi connectivity index (χ2n) is 7.18. The maximum Gasteiger partial charge on any atom is 0.329 e. The molecule has 1 aromatic carbocycles. The minimum Gasteiger partial charge on any atom is -0.467 e. The second kappa shape index (κ2) is 7.38. The quantitative estimate of drug-likeness (QED) is 0.609. The molecule has 2 amide bonds. The van der Waals surface area contributed by atoms with Crippen LogP contribution < -0.4 is 0 Å². The molecule has 3 rings (SSSR count). The number of hydrogen-bond donors (Lipinski definition) is 0. The summed E-state index contributed by atoms with van der Waals surface area (Å²) in [6.07, 6.45) is 4.03. The van der Waals surface area contributed by atoms with E-state index in [4.69, 9.17) is 4.74 Å². The predicted molar refractivity (Wildman–Crippen MR) is 92.4 cm³/mol. The van der Waals surface area contributed by atoms with Crippen molar-refractivity contribution in [3.05, 3.63) is 35.9 Å². The molecule has 1 heterocycles. The van der Waals surface area contributed by atoms with Crippen LogP contribution in [0.1, 0.15) is 38.2 Å². The molecule has 25 heavy (non-hydrogen) atoms. The summed E-state index contributed by atoms with van der Waals surface area (Å²) in [4.78, 5) is 39.4. The van der Waals surface area contributed by atoms with E-state index in [0.717, 1.165) is 31.2 Å². The number of ether oxygens (including phenoxy) is 1. The molecule has 2 fully saturated rings. The van der Waals surface area contributed by atoms with Gasteiger partial charge in [0.05, 0.1) is 18.9 Å². The Hall–Kier alpha value is -2.17. The van der Waals surface area contributed by atoms with Gasteiger partial charge in [0.15, 0.2) is 0 Å². The first-order valence-electron chi connectivity index (χ1n) is 9.03. The van der Waals surface area contributed by atoms with Crippen molar-refractivity contribution in [1.29, 1.82) is 0 Å². The Kier molecular flexibility index (Phi) is 5.21. The van der Waals surface area contributed by atoms with Gasteiger partial charge in [0.1, 0.15) is 6.04 Å². The molecule has 1 aliphatic carbocycles. The summed E-state index contributed by atoms with van der Waals surface area (Å²) in [5.74, 6) is -1.60. The van der Waals surface area contributed by atoms with Gasteiger partial charge in [0.2, 0.25) is 11.8 Å². The number of likely N-dealkylation sites (tertiary alicyclic amines) is 1. The molecule has 1 aromatic rings. The van der Waals surface area contributed by atoms with Crippen LogP contribution in [0.4, 0.5) is 0 Å². The molecule has 0 aromatic heterocycles. The molecule has 134 valence electrons. The van der Waals surface area contributed by atoms with Crippen molar-refractivity contribution in [3.63, 3.8) is 0 Å². The van der Waals surface area contributed by atoms with Crippen molar-refractivity contribution in [1.82, 2.24) is 4.90 Å². The highest BCUT2D eigenvalue weighted by atomic mass is 16.5. The summed E-state index contributed by atoms with van der Waals surface area (Å²) in [5.41, 5.74) is 1.07. The van der Waals surface area contributed by atoms with E-state index in [-0.39, 0.29) is 29.6 Å². The second-order valence-corrected chi connectivity index (χ2v) is 7.18. The molecule has 1 saturated heterocycles. The molecule has 4 atom stereocenters. The molecule has 2 aliphatic rings.